The van der Waals surface area contributed by atoms with Crippen LogP contribution in [0.2, 0.25) is 0 Å². The van der Waals surface area contributed by atoms with Crippen molar-refractivity contribution in [2.45, 2.75) is 76.7 Å². The van der Waals surface area contributed by atoms with Crippen molar-refractivity contribution in [1.82, 2.24) is 0 Å². The van der Waals surface area contributed by atoms with E-state index in [9.17, 15) is 13.2 Å². The summed E-state index contributed by atoms with van der Waals surface area (Å²) in [6.45, 7) is 0. The van der Waals surface area contributed by atoms with Gasteiger partial charge in [0.25, 0.3) is 10.1 Å². The second-order valence-electron chi connectivity index (χ2n) is 7.08. The van der Waals surface area contributed by atoms with Crippen molar-refractivity contribution in [2.24, 2.45) is 5.92 Å². The summed E-state index contributed by atoms with van der Waals surface area (Å²) in [7, 11) is -3.67. The third-order valence-electron chi connectivity index (χ3n) is 4.90. The molecule has 6 heteroatoms. The summed E-state index contributed by atoms with van der Waals surface area (Å²) in [5.41, 5.74) is 0. The van der Waals surface area contributed by atoms with Crippen molar-refractivity contribution >= 4 is 27.2 Å². The maximum Gasteiger partial charge on any atom is 0.274 e. The highest BCUT2D eigenvalue weighted by molar-refractivity contribution is 7.87. The Morgan fingerprint density at radius 3 is 2.12 bits per heavy atom. The molecule has 25 heavy (non-hydrogen) atoms. The standard InChI is InChI=1S/C15H26O4S.C4H4S/c16-14(11-10-13-6-2-1-3-7-13)12-20(17,18)19-15-8-4-5-9-15;1-2-4-5-3-1/h13,15H,1-12H2;1-4H. The molecule has 0 bridgehead atoms. The number of hydrogen-bond acceptors (Lipinski definition) is 5. The zero-order valence-corrected chi connectivity index (χ0v) is 16.5. The van der Waals surface area contributed by atoms with Crippen LogP contribution in [0.1, 0.15) is 70.6 Å². The van der Waals surface area contributed by atoms with Gasteiger partial charge in [-0.2, -0.15) is 19.8 Å². The Bertz CT molecular complexity index is 551. The van der Waals surface area contributed by atoms with Gasteiger partial charge in [0, 0.05) is 6.42 Å². The number of carbonyl (C=O) groups excluding carboxylic acids is 1. The molecule has 1 aromatic heterocycles. The second-order valence-corrected chi connectivity index (χ2v) is 9.49. The van der Waals surface area contributed by atoms with Gasteiger partial charge in [0.05, 0.1) is 6.10 Å². The van der Waals surface area contributed by atoms with Crippen LogP contribution in [0.25, 0.3) is 0 Å². The van der Waals surface area contributed by atoms with Crippen molar-refractivity contribution in [3.05, 3.63) is 22.9 Å². The minimum absolute atomic E-state index is 0.187. The van der Waals surface area contributed by atoms with Crippen LogP contribution in [-0.2, 0) is 19.1 Å². The van der Waals surface area contributed by atoms with Gasteiger partial charge in [-0.1, -0.05) is 57.1 Å². The molecule has 0 saturated heterocycles. The van der Waals surface area contributed by atoms with Crippen LogP contribution in [0.15, 0.2) is 22.9 Å². The third-order valence-corrected chi connectivity index (χ3v) is 6.77. The Labute approximate surface area is 156 Å². The molecule has 142 valence electrons. The predicted molar refractivity (Wildman–Crippen MR) is 102 cm³/mol. The van der Waals surface area contributed by atoms with E-state index in [1.807, 2.05) is 22.9 Å². The van der Waals surface area contributed by atoms with E-state index in [0.717, 1.165) is 32.1 Å². The van der Waals surface area contributed by atoms with Crippen LogP contribution >= 0.6 is 11.3 Å². The number of rotatable bonds is 7. The Kier molecular flexibility index (Phi) is 9.13. The van der Waals surface area contributed by atoms with Gasteiger partial charge in [-0.15, -0.1) is 0 Å². The predicted octanol–water partition coefficient (Wildman–Crippen LogP) is 4.95. The molecular formula is C19H30O4S2. The molecule has 3 rings (SSSR count). The van der Waals surface area contributed by atoms with Crippen LogP contribution in [0.5, 0.6) is 0 Å². The number of thiophene rings is 1. The Morgan fingerprint density at radius 2 is 1.56 bits per heavy atom. The van der Waals surface area contributed by atoms with Crippen LogP contribution in [0.3, 0.4) is 0 Å². The largest absolute Gasteiger partial charge is 0.298 e. The van der Waals surface area contributed by atoms with Crippen LogP contribution in [0.4, 0.5) is 0 Å². The Hall–Kier alpha value is -0.720. The molecule has 0 atom stereocenters. The molecule has 0 aromatic carbocycles. The molecule has 2 saturated carbocycles. The van der Waals surface area contributed by atoms with Crippen molar-refractivity contribution < 1.29 is 17.4 Å². The summed E-state index contributed by atoms with van der Waals surface area (Å²) >= 11 is 1.71. The van der Waals surface area contributed by atoms with E-state index in [1.165, 1.54) is 32.1 Å². The maximum atomic E-state index is 11.8. The summed E-state index contributed by atoms with van der Waals surface area (Å²) in [5, 5.41) is 4.08. The highest BCUT2D eigenvalue weighted by Crippen LogP contribution is 2.27. The van der Waals surface area contributed by atoms with Gasteiger partial charge in [-0.25, -0.2) is 0 Å². The molecule has 0 spiro atoms. The van der Waals surface area contributed by atoms with Crippen LogP contribution in [-0.4, -0.2) is 26.1 Å². The fourth-order valence-corrected chi connectivity index (χ4v) is 5.23. The van der Waals surface area contributed by atoms with Gasteiger partial charge in [0.15, 0.2) is 0 Å². The fourth-order valence-electron chi connectivity index (χ4n) is 3.56. The normalized spacial score (nSPS) is 19.4. The van der Waals surface area contributed by atoms with E-state index in [-0.39, 0.29) is 11.9 Å². The lowest BCUT2D eigenvalue weighted by atomic mass is 9.86. The van der Waals surface area contributed by atoms with Crippen molar-refractivity contribution in [3.8, 4) is 0 Å². The van der Waals surface area contributed by atoms with E-state index in [2.05, 4.69) is 0 Å². The first-order valence-corrected chi connectivity index (χ1v) is 12.0. The minimum atomic E-state index is -3.67. The molecule has 0 aliphatic heterocycles. The molecule has 0 amide bonds. The van der Waals surface area contributed by atoms with Crippen LogP contribution < -0.4 is 0 Å². The number of hydrogen-bond donors (Lipinski definition) is 0. The summed E-state index contributed by atoms with van der Waals surface area (Å²) in [6, 6.07) is 4.04. The number of Topliss-reactive ketones (excluding diaryl/α,β-unsaturated/α-hetero) is 1. The van der Waals surface area contributed by atoms with Gasteiger partial charge in [0.1, 0.15) is 11.5 Å². The van der Waals surface area contributed by atoms with Crippen molar-refractivity contribution in [2.75, 3.05) is 5.75 Å². The lowest BCUT2D eigenvalue weighted by Gasteiger charge is -2.20. The topological polar surface area (TPSA) is 60.4 Å². The maximum absolute atomic E-state index is 11.8. The summed E-state index contributed by atoms with van der Waals surface area (Å²) in [4.78, 5) is 11.8. The zero-order chi connectivity index (χ0) is 18.0. The second kappa shape index (κ2) is 11.1. The third kappa shape index (κ3) is 8.97. The summed E-state index contributed by atoms with van der Waals surface area (Å²) in [5.74, 6) is -0.00400. The Balaban J connectivity index is 0.000000386. The van der Waals surface area contributed by atoms with E-state index < -0.39 is 15.9 Å². The van der Waals surface area contributed by atoms with Gasteiger partial charge < -0.3 is 0 Å². The SMILES string of the molecule is O=C(CCC1CCCCC1)CS(=O)(=O)OC1CCCC1.c1ccsc1. The molecule has 1 aromatic rings. The summed E-state index contributed by atoms with van der Waals surface area (Å²) < 4.78 is 28.7. The smallest absolute Gasteiger partial charge is 0.274 e. The quantitative estimate of drug-likeness (QED) is 0.622. The summed E-state index contributed by atoms with van der Waals surface area (Å²) in [6.07, 6.45) is 10.9. The first-order valence-electron chi connectivity index (χ1n) is 9.45. The monoisotopic (exact) mass is 386 g/mol. The molecule has 0 unspecified atom stereocenters. The lowest BCUT2D eigenvalue weighted by Crippen LogP contribution is -2.23. The lowest BCUT2D eigenvalue weighted by molar-refractivity contribution is -0.117. The average molecular weight is 387 g/mol. The zero-order valence-electron chi connectivity index (χ0n) is 14.9. The van der Waals surface area contributed by atoms with Gasteiger partial charge >= 0.3 is 0 Å². The molecule has 0 radical (unpaired) electrons. The first-order chi connectivity index (χ1) is 12.1. The van der Waals surface area contributed by atoms with Crippen molar-refractivity contribution in [3.63, 3.8) is 0 Å². The fraction of sp³-hybridized carbons (Fsp3) is 0.737. The van der Waals surface area contributed by atoms with Gasteiger partial charge in [-0.3, -0.25) is 8.98 Å². The molecular weight excluding hydrogens is 356 g/mol. The number of carbonyl (C=O) groups is 1. The average Bonchev–Trinajstić information content (AvgIpc) is 3.29. The van der Waals surface area contributed by atoms with Gasteiger partial charge in [-0.05, 0) is 35.9 Å². The molecule has 0 N–H and O–H groups in total. The van der Waals surface area contributed by atoms with E-state index in [0.29, 0.717) is 12.3 Å². The Morgan fingerprint density at radius 1 is 0.960 bits per heavy atom. The molecule has 2 aliphatic rings. The van der Waals surface area contributed by atoms with E-state index >= 15 is 0 Å². The van der Waals surface area contributed by atoms with Crippen molar-refractivity contribution in [1.29, 1.82) is 0 Å². The molecule has 4 nitrogen and oxygen atoms in total. The van der Waals surface area contributed by atoms with Gasteiger partial charge in [0.2, 0.25) is 0 Å². The van der Waals surface area contributed by atoms with E-state index in [4.69, 9.17) is 4.18 Å². The molecule has 2 aliphatic carbocycles. The molecule has 2 fully saturated rings. The highest BCUT2D eigenvalue weighted by Gasteiger charge is 2.25. The number of ketones is 1. The van der Waals surface area contributed by atoms with E-state index in [1.54, 1.807) is 11.3 Å². The first kappa shape index (κ1) is 20.6. The minimum Gasteiger partial charge on any atom is -0.298 e. The highest BCUT2D eigenvalue weighted by atomic mass is 32.2. The molecule has 1 heterocycles. The van der Waals surface area contributed by atoms with Crippen LogP contribution in [0, 0.1) is 5.92 Å².